The van der Waals surface area contributed by atoms with Gasteiger partial charge in [0.2, 0.25) is 10.0 Å². The molecular weight excluding hydrogens is 442 g/mol. The van der Waals surface area contributed by atoms with Gasteiger partial charge in [0.05, 0.1) is 16.6 Å². The largest absolute Gasteiger partial charge is 0.419 e. The molecule has 4 aliphatic carbocycles. The Morgan fingerprint density at radius 1 is 1.12 bits per heavy atom. The van der Waals surface area contributed by atoms with Crippen LogP contribution in [-0.4, -0.2) is 31.4 Å². The van der Waals surface area contributed by atoms with Gasteiger partial charge in [-0.3, -0.25) is 4.79 Å². The van der Waals surface area contributed by atoms with Crippen LogP contribution in [0, 0.1) is 29.1 Å². The number of allylic oxidation sites excluding steroid dienone is 1. The fraction of sp³-hybridized carbons (Fsp3) is 0.600. The van der Waals surface area contributed by atoms with E-state index in [4.69, 9.17) is 9.88 Å². The van der Waals surface area contributed by atoms with Crippen molar-refractivity contribution in [2.24, 2.45) is 34.2 Å². The summed E-state index contributed by atoms with van der Waals surface area (Å²) in [5, 5.41) is 15.8. The van der Waals surface area contributed by atoms with Crippen LogP contribution in [0.1, 0.15) is 68.6 Å². The van der Waals surface area contributed by atoms with Gasteiger partial charge in [-0.1, -0.05) is 13.0 Å². The molecule has 4 unspecified atom stereocenters. The molecule has 4 aliphatic rings. The number of rotatable bonds is 3. The van der Waals surface area contributed by atoms with Gasteiger partial charge in [-0.2, -0.15) is 0 Å². The number of primary sulfonamides is 1. The number of aliphatic hydroxyl groups excluding tert-OH is 1. The highest BCUT2D eigenvalue weighted by Crippen LogP contribution is 2.62. The second-order valence-electron chi connectivity index (χ2n) is 10.5. The lowest BCUT2D eigenvalue weighted by Crippen LogP contribution is -2.48. The molecule has 5 rings (SSSR count). The Bertz CT molecular complexity index is 1140. The number of carbonyl (C=O) groups is 2. The van der Waals surface area contributed by atoms with Crippen molar-refractivity contribution in [2.75, 3.05) is 0 Å². The summed E-state index contributed by atoms with van der Waals surface area (Å²) >= 11 is 0. The number of aliphatic hydroxyl groups is 1. The summed E-state index contributed by atoms with van der Waals surface area (Å²) in [4.78, 5) is 25.5. The van der Waals surface area contributed by atoms with Gasteiger partial charge >= 0.3 is 5.97 Å². The minimum Gasteiger partial charge on any atom is -0.419 e. The molecule has 3 N–H and O–H groups in total. The number of nitrogens with two attached hydrogens (primary N) is 1. The highest BCUT2D eigenvalue weighted by molar-refractivity contribution is 7.89. The van der Waals surface area contributed by atoms with Crippen LogP contribution in [0.4, 0.5) is 0 Å². The minimum atomic E-state index is -3.96. The van der Waals surface area contributed by atoms with E-state index >= 15 is 0 Å². The Morgan fingerprint density at radius 3 is 2.67 bits per heavy atom. The normalized spacial score (nSPS) is 36.1. The maximum atomic E-state index is 12.9. The predicted molar refractivity (Wildman–Crippen MR) is 120 cm³/mol. The number of ketones is 1. The van der Waals surface area contributed by atoms with E-state index in [-0.39, 0.29) is 39.4 Å². The first-order chi connectivity index (χ1) is 15.6. The number of benzene rings is 1. The zero-order chi connectivity index (χ0) is 23.5. The van der Waals surface area contributed by atoms with Crippen molar-refractivity contribution in [3.05, 3.63) is 41.2 Å². The van der Waals surface area contributed by atoms with E-state index in [1.54, 1.807) is 0 Å². The summed E-state index contributed by atoms with van der Waals surface area (Å²) in [6.07, 6.45) is 6.52. The van der Waals surface area contributed by atoms with Gasteiger partial charge in [-0.15, -0.1) is 0 Å². The van der Waals surface area contributed by atoms with Crippen molar-refractivity contribution in [1.29, 1.82) is 0 Å². The van der Waals surface area contributed by atoms with Gasteiger partial charge in [0, 0.05) is 6.42 Å². The first-order valence-electron chi connectivity index (χ1n) is 11.9. The van der Waals surface area contributed by atoms with Gasteiger partial charge < -0.3 is 9.84 Å². The van der Waals surface area contributed by atoms with Crippen molar-refractivity contribution in [2.45, 2.75) is 69.3 Å². The first-order valence-corrected chi connectivity index (χ1v) is 13.4. The molecule has 1 aromatic rings. The second kappa shape index (κ2) is 8.03. The molecule has 0 amide bonds. The van der Waals surface area contributed by atoms with Gasteiger partial charge in [0.15, 0.2) is 11.5 Å². The van der Waals surface area contributed by atoms with Gasteiger partial charge in [0.25, 0.3) is 0 Å². The fourth-order valence-corrected chi connectivity index (χ4v) is 7.85. The summed E-state index contributed by atoms with van der Waals surface area (Å²) in [5.41, 5.74) is 0.994. The van der Waals surface area contributed by atoms with Crippen LogP contribution in [-0.2, 0) is 19.6 Å². The van der Waals surface area contributed by atoms with Gasteiger partial charge in [0.1, 0.15) is 0 Å². The topological polar surface area (TPSA) is 124 Å². The Kier molecular flexibility index (Phi) is 5.53. The Balaban J connectivity index is 1.41. The average molecular weight is 474 g/mol. The van der Waals surface area contributed by atoms with Crippen LogP contribution in [0.15, 0.2) is 40.5 Å². The van der Waals surface area contributed by atoms with E-state index < -0.39 is 16.0 Å². The Morgan fingerprint density at radius 2 is 1.91 bits per heavy atom. The monoisotopic (exact) mass is 473 g/mol. The summed E-state index contributed by atoms with van der Waals surface area (Å²) in [7, 11) is -3.96. The zero-order valence-electron chi connectivity index (χ0n) is 18.8. The smallest absolute Gasteiger partial charge is 0.343 e. The number of Topliss-reactive ketones (excluding diaryl/α,β-unsaturated/α-hetero) is 1. The third kappa shape index (κ3) is 3.76. The number of sulfonamides is 1. The van der Waals surface area contributed by atoms with Crippen LogP contribution in [0.2, 0.25) is 0 Å². The van der Waals surface area contributed by atoms with E-state index in [2.05, 4.69) is 6.92 Å². The minimum absolute atomic E-state index is 0.00346. The molecule has 6 atom stereocenters. The molecule has 0 heterocycles. The third-order valence-corrected chi connectivity index (χ3v) is 9.89. The van der Waals surface area contributed by atoms with E-state index in [9.17, 15) is 23.1 Å². The summed E-state index contributed by atoms with van der Waals surface area (Å²) in [6.45, 7) is 2.24. The number of carbonyl (C=O) groups excluding carboxylic acids is 2. The molecule has 0 saturated heterocycles. The zero-order valence-corrected chi connectivity index (χ0v) is 19.6. The summed E-state index contributed by atoms with van der Waals surface area (Å²) < 4.78 is 28.9. The lowest BCUT2D eigenvalue weighted by atomic mass is 9.52. The Hall–Kier alpha value is -2.03. The van der Waals surface area contributed by atoms with Crippen molar-refractivity contribution < 1.29 is 27.9 Å². The number of fused-ring (bicyclic) bond motifs is 5. The molecule has 3 fully saturated rings. The molecule has 33 heavy (non-hydrogen) atoms. The van der Waals surface area contributed by atoms with Crippen LogP contribution in [0.3, 0.4) is 0 Å². The van der Waals surface area contributed by atoms with E-state index in [0.717, 1.165) is 50.5 Å². The molecule has 8 heteroatoms. The molecule has 1 aromatic carbocycles. The van der Waals surface area contributed by atoms with E-state index in [1.165, 1.54) is 24.3 Å². The molecule has 0 bridgehead atoms. The quantitative estimate of drug-likeness (QED) is 0.649. The first kappa shape index (κ1) is 22.7. The highest BCUT2D eigenvalue weighted by Gasteiger charge is 2.56. The van der Waals surface area contributed by atoms with E-state index in [1.807, 2.05) is 0 Å². The number of hydrogen-bond acceptors (Lipinski definition) is 6. The van der Waals surface area contributed by atoms with Gasteiger partial charge in [-0.25, -0.2) is 18.4 Å². The number of esters is 1. The SMILES string of the molecule is C[C@]12CCC3C4CCC(=O)C(OC(=O)c5cccc(S(N)(=O)=O)c5)=C4CCC3C1CC[C@@H]2O. The fourth-order valence-electron chi connectivity index (χ4n) is 7.29. The van der Waals surface area contributed by atoms with Gasteiger partial charge in [-0.05, 0) is 97.8 Å². The average Bonchev–Trinajstić information content (AvgIpc) is 3.09. The predicted octanol–water partition coefficient (Wildman–Crippen LogP) is 3.32. The lowest BCUT2D eigenvalue weighted by molar-refractivity contribution is -0.120. The number of ether oxygens (including phenoxy) is 1. The molecule has 3 saturated carbocycles. The molecular formula is C25H31NO6S. The standard InChI is InChI=1S/C25H31NO6S/c1-25-12-11-17-16-7-9-21(27)23(19(16)6-5-18(17)20(25)8-10-22(25)28)32-24(29)14-3-2-4-15(13-14)33(26,30)31/h2-4,13,16-18,20,22,28H,5-12H2,1H3,(H2,26,30,31)/t16?,17?,18?,20?,22-,25-/m0/s1. The lowest BCUT2D eigenvalue weighted by Gasteiger charge is -2.53. The number of hydrogen-bond donors (Lipinski definition) is 2. The third-order valence-electron chi connectivity index (χ3n) is 8.97. The molecule has 0 radical (unpaired) electrons. The van der Waals surface area contributed by atoms with Crippen LogP contribution >= 0.6 is 0 Å². The molecule has 0 aliphatic heterocycles. The summed E-state index contributed by atoms with van der Waals surface area (Å²) in [5.74, 6) is 0.980. The van der Waals surface area contributed by atoms with Crippen molar-refractivity contribution in [1.82, 2.24) is 0 Å². The maximum Gasteiger partial charge on any atom is 0.343 e. The highest BCUT2D eigenvalue weighted by atomic mass is 32.2. The van der Waals surface area contributed by atoms with E-state index in [0.29, 0.717) is 24.2 Å². The molecule has 178 valence electrons. The van der Waals surface area contributed by atoms with Crippen molar-refractivity contribution >= 4 is 21.8 Å². The molecule has 7 nitrogen and oxygen atoms in total. The Labute approximate surface area is 194 Å². The van der Waals surface area contributed by atoms with Crippen LogP contribution < -0.4 is 5.14 Å². The van der Waals surface area contributed by atoms with Crippen LogP contribution in [0.25, 0.3) is 0 Å². The van der Waals surface area contributed by atoms with Crippen molar-refractivity contribution in [3.63, 3.8) is 0 Å². The second-order valence-corrected chi connectivity index (χ2v) is 12.1. The molecule has 0 spiro atoms. The van der Waals surface area contributed by atoms with Crippen molar-refractivity contribution in [3.8, 4) is 0 Å². The molecule has 0 aromatic heterocycles. The maximum absolute atomic E-state index is 12.9. The van der Waals surface area contributed by atoms with Crippen LogP contribution in [0.5, 0.6) is 0 Å². The summed E-state index contributed by atoms with van der Waals surface area (Å²) in [6, 6.07) is 5.38.